The molecule has 1 aliphatic rings. The van der Waals surface area contributed by atoms with Gasteiger partial charge in [-0.2, -0.15) is 0 Å². The van der Waals surface area contributed by atoms with Crippen LogP contribution in [0.3, 0.4) is 0 Å². The molecule has 0 saturated carbocycles. The second-order valence-corrected chi connectivity index (χ2v) is 6.11. The molecule has 0 spiro atoms. The van der Waals surface area contributed by atoms with Crippen molar-refractivity contribution in [2.45, 2.75) is 31.9 Å². The van der Waals surface area contributed by atoms with Crippen molar-refractivity contribution >= 4 is 22.6 Å². The zero-order valence-electron chi connectivity index (χ0n) is 10.4. The summed E-state index contributed by atoms with van der Waals surface area (Å²) in [4.78, 5) is 0. The van der Waals surface area contributed by atoms with Crippen molar-refractivity contribution in [1.29, 1.82) is 0 Å². The van der Waals surface area contributed by atoms with Gasteiger partial charge < -0.3 is 10.1 Å². The molecule has 1 N–H and O–H groups in total. The highest BCUT2D eigenvalue weighted by Gasteiger charge is 2.28. The van der Waals surface area contributed by atoms with Gasteiger partial charge in [0, 0.05) is 15.5 Å². The first-order valence-corrected chi connectivity index (χ1v) is 7.30. The van der Waals surface area contributed by atoms with Crippen molar-refractivity contribution in [3.8, 4) is 0 Å². The first kappa shape index (κ1) is 13.3. The highest BCUT2D eigenvalue weighted by atomic mass is 127. The predicted molar refractivity (Wildman–Crippen MR) is 79.2 cm³/mol. The standard InChI is InChI=1S/C14H20INO/c1-10-7-12(9-17-10)14(16-2)8-11-3-5-13(15)6-4-11/h3-6,10,12,14,16H,7-9H2,1-2H3. The Morgan fingerprint density at radius 2 is 2.12 bits per heavy atom. The Morgan fingerprint density at radius 3 is 2.65 bits per heavy atom. The summed E-state index contributed by atoms with van der Waals surface area (Å²) in [5, 5.41) is 3.45. The number of nitrogens with one attached hydrogen (secondary N) is 1. The first-order chi connectivity index (χ1) is 8.19. The Labute approximate surface area is 117 Å². The molecule has 0 bridgehead atoms. The van der Waals surface area contributed by atoms with Crippen molar-refractivity contribution < 1.29 is 4.74 Å². The van der Waals surface area contributed by atoms with Gasteiger partial charge in [0.15, 0.2) is 0 Å². The molecule has 3 atom stereocenters. The normalized spacial score (nSPS) is 26.1. The lowest BCUT2D eigenvalue weighted by Crippen LogP contribution is -2.36. The van der Waals surface area contributed by atoms with Gasteiger partial charge in [0.05, 0.1) is 12.7 Å². The summed E-state index contributed by atoms with van der Waals surface area (Å²) < 4.78 is 6.96. The van der Waals surface area contributed by atoms with Crippen LogP contribution in [0.25, 0.3) is 0 Å². The lowest BCUT2D eigenvalue weighted by atomic mass is 9.92. The number of benzene rings is 1. The van der Waals surface area contributed by atoms with Crippen molar-refractivity contribution in [3.05, 3.63) is 33.4 Å². The third-order valence-corrected chi connectivity index (χ3v) is 4.26. The van der Waals surface area contributed by atoms with Gasteiger partial charge in [0.1, 0.15) is 0 Å². The van der Waals surface area contributed by atoms with Gasteiger partial charge in [0.2, 0.25) is 0 Å². The maximum atomic E-state index is 5.66. The van der Waals surface area contributed by atoms with Crippen LogP contribution in [0.15, 0.2) is 24.3 Å². The Balaban J connectivity index is 1.97. The zero-order valence-corrected chi connectivity index (χ0v) is 12.6. The summed E-state index contributed by atoms with van der Waals surface area (Å²) >= 11 is 2.34. The van der Waals surface area contributed by atoms with Gasteiger partial charge >= 0.3 is 0 Å². The van der Waals surface area contributed by atoms with Crippen molar-refractivity contribution in [2.24, 2.45) is 5.92 Å². The van der Waals surface area contributed by atoms with Crippen LogP contribution in [0.4, 0.5) is 0 Å². The summed E-state index contributed by atoms with van der Waals surface area (Å²) in [5.74, 6) is 0.647. The first-order valence-electron chi connectivity index (χ1n) is 6.22. The van der Waals surface area contributed by atoms with Crippen molar-refractivity contribution in [2.75, 3.05) is 13.7 Å². The fourth-order valence-electron chi connectivity index (χ4n) is 2.51. The third-order valence-electron chi connectivity index (χ3n) is 3.54. The van der Waals surface area contributed by atoms with Crippen molar-refractivity contribution in [1.82, 2.24) is 5.32 Å². The van der Waals surface area contributed by atoms with Crippen molar-refractivity contribution in [3.63, 3.8) is 0 Å². The van der Waals surface area contributed by atoms with E-state index in [2.05, 4.69) is 66.1 Å². The zero-order chi connectivity index (χ0) is 12.3. The Bertz CT molecular complexity index is 352. The summed E-state index contributed by atoms with van der Waals surface area (Å²) in [6, 6.07) is 9.34. The molecule has 3 unspecified atom stereocenters. The fourth-order valence-corrected chi connectivity index (χ4v) is 2.87. The molecule has 1 heterocycles. The van der Waals surface area contributed by atoms with Crippen LogP contribution in [0.5, 0.6) is 0 Å². The third kappa shape index (κ3) is 3.66. The van der Waals surface area contributed by atoms with Crippen LogP contribution in [0.2, 0.25) is 0 Å². The minimum absolute atomic E-state index is 0.424. The van der Waals surface area contributed by atoms with E-state index in [1.165, 1.54) is 15.6 Å². The highest BCUT2D eigenvalue weighted by molar-refractivity contribution is 14.1. The average molecular weight is 345 g/mol. The van der Waals surface area contributed by atoms with E-state index in [4.69, 9.17) is 4.74 Å². The number of rotatable bonds is 4. The molecule has 1 aromatic carbocycles. The largest absolute Gasteiger partial charge is 0.378 e. The van der Waals surface area contributed by atoms with E-state index in [1.807, 2.05) is 0 Å². The topological polar surface area (TPSA) is 21.3 Å². The molecule has 0 aromatic heterocycles. The minimum atomic E-state index is 0.424. The van der Waals surface area contributed by atoms with Gasteiger partial charge in [-0.05, 0) is 67.1 Å². The van der Waals surface area contributed by atoms with E-state index in [0.29, 0.717) is 18.1 Å². The molecule has 1 fully saturated rings. The maximum Gasteiger partial charge on any atom is 0.0551 e. The lowest BCUT2D eigenvalue weighted by molar-refractivity contribution is 0.117. The van der Waals surface area contributed by atoms with Crippen LogP contribution in [-0.2, 0) is 11.2 Å². The molecule has 17 heavy (non-hydrogen) atoms. The molecule has 0 aliphatic carbocycles. The molecule has 1 aliphatic heterocycles. The number of hydrogen-bond acceptors (Lipinski definition) is 2. The van der Waals surface area contributed by atoms with Crippen LogP contribution in [0, 0.1) is 9.49 Å². The molecule has 2 rings (SSSR count). The second kappa shape index (κ2) is 6.16. The van der Waals surface area contributed by atoms with E-state index in [-0.39, 0.29) is 0 Å². The quantitative estimate of drug-likeness (QED) is 0.848. The van der Waals surface area contributed by atoms with Crippen LogP contribution in [-0.4, -0.2) is 25.8 Å². The number of ether oxygens (including phenoxy) is 1. The number of likely N-dealkylation sites (N-methyl/N-ethyl adjacent to an activating group) is 1. The molecule has 2 nitrogen and oxygen atoms in total. The van der Waals surface area contributed by atoms with Gasteiger partial charge in [-0.1, -0.05) is 12.1 Å². The molecule has 0 amide bonds. The fraction of sp³-hybridized carbons (Fsp3) is 0.571. The van der Waals surface area contributed by atoms with Crippen LogP contribution < -0.4 is 5.32 Å². The maximum absolute atomic E-state index is 5.66. The smallest absolute Gasteiger partial charge is 0.0551 e. The minimum Gasteiger partial charge on any atom is -0.378 e. The molecular formula is C14H20INO. The van der Waals surface area contributed by atoms with Gasteiger partial charge in [0.25, 0.3) is 0 Å². The molecule has 3 heteroatoms. The Kier molecular flexibility index (Phi) is 4.82. The molecule has 1 aromatic rings. The van der Waals surface area contributed by atoms with E-state index in [0.717, 1.165) is 13.0 Å². The van der Waals surface area contributed by atoms with Gasteiger partial charge in [-0.15, -0.1) is 0 Å². The summed E-state index contributed by atoms with van der Waals surface area (Å²) in [5.41, 5.74) is 1.41. The second-order valence-electron chi connectivity index (χ2n) is 4.87. The number of halogens is 1. The van der Waals surface area contributed by atoms with Gasteiger partial charge in [-0.3, -0.25) is 0 Å². The average Bonchev–Trinajstić information content (AvgIpc) is 2.75. The summed E-state index contributed by atoms with van der Waals surface area (Å²) in [6.45, 7) is 3.06. The van der Waals surface area contributed by atoms with Crippen LogP contribution >= 0.6 is 22.6 Å². The molecule has 1 saturated heterocycles. The number of hydrogen-bond donors (Lipinski definition) is 1. The lowest BCUT2D eigenvalue weighted by Gasteiger charge is -2.22. The SMILES string of the molecule is CNC(Cc1ccc(I)cc1)C1COC(C)C1. The summed E-state index contributed by atoms with van der Waals surface area (Å²) in [7, 11) is 2.06. The Morgan fingerprint density at radius 1 is 1.41 bits per heavy atom. The Hall–Kier alpha value is -0.130. The van der Waals surface area contributed by atoms with Crippen LogP contribution in [0.1, 0.15) is 18.9 Å². The van der Waals surface area contributed by atoms with E-state index < -0.39 is 0 Å². The highest BCUT2D eigenvalue weighted by Crippen LogP contribution is 2.24. The van der Waals surface area contributed by atoms with E-state index >= 15 is 0 Å². The monoisotopic (exact) mass is 345 g/mol. The predicted octanol–water partition coefficient (Wildman–Crippen LogP) is 2.85. The van der Waals surface area contributed by atoms with E-state index in [9.17, 15) is 0 Å². The molecule has 0 radical (unpaired) electrons. The molecule has 94 valence electrons. The molecular weight excluding hydrogens is 325 g/mol. The summed E-state index contributed by atoms with van der Waals surface area (Å²) in [6.07, 6.45) is 2.69. The van der Waals surface area contributed by atoms with Gasteiger partial charge in [-0.25, -0.2) is 0 Å². The van der Waals surface area contributed by atoms with E-state index in [1.54, 1.807) is 0 Å².